The van der Waals surface area contributed by atoms with Gasteiger partial charge >= 0.3 is 5.97 Å². The fourth-order valence-corrected chi connectivity index (χ4v) is 9.11. The van der Waals surface area contributed by atoms with E-state index in [1.807, 2.05) is 0 Å². The van der Waals surface area contributed by atoms with Gasteiger partial charge in [-0.2, -0.15) is 0 Å². The Morgan fingerprint density at radius 2 is 0.791 bits per heavy atom. The second kappa shape index (κ2) is 41.6. The normalized spacial score (nSPS) is 26.0. The fourth-order valence-electron chi connectivity index (χ4n) is 9.11. The van der Waals surface area contributed by atoms with Gasteiger partial charge in [-0.05, 0) is 12.8 Å². The van der Waals surface area contributed by atoms with E-state index in [4.69, 9.17) is 28.4 Å². The molecule has 0 saturated carbocycles. The van der Waals surface area contributed by atoms with E-state index in [1.54, 1.807) is 0 Å². The zero-order valence-corrected chi connectivity index (χ0v) is 42.4. The van der Waals surface area contributed by atoms with Gasteiger partial charge in [0.25, 0.3) is 0 Å². The molecule has 0 amide bonds. The van der Waals surface area contributed by atoms with Crippen molar-refractivity contribution in [1.29, 1.82) is 0 Å². The Labute approximate surface area is 406 Å². The first-order valence-corrected chi connectivity index (χ1v) is 27.6. The van der Waals surface area contributed by atoms with Crippen molar-refractivity contribution < 1.29 is 69.0 Å². The zero-order valence-electron chi connectivity index (χ0n) is 42.4. The molecule has 2 saturated heterocycles. The number of esters is 1. The van der Waals surface area contributed by atoms with Crippen molar-refractivity contribution in [3.63, 3.8) is 0 Å². The van der Waals surface area contributed by atoms with Crippen molar-refractivity contribution >= 4 is 5.97 Å². The van der Waals surface area contributed by atoms with Gasteiger partial charge in [0.05, 0.1) is 26.4 Å². The summed E-state index contributed by atoms with van der Waals surface area (Å²) in [5.41, 5.74) is 0. The standard InChI is InChI=1S/C53H102O14/c1-3-5-7-9-11-13-15-16-17-18-19-20-21-22-23-24-25-26-27-29-31-33-35-37-62-39-42(65-45(55)36-34-32-30-28-14-12-10-8-6-4-2)40-63-52-51(61)49(59)47(57)44(67-52)41-64-53-50(60)48(58)46(56)43(38-54)66-53/h42-44,46-54,56-61H,3-41H2,1-2H3. The number of aliphatic hydroxyl groups excluding tert-OH is 7. The largest absolute Gasteiger partial charge is 0.457 e. The molecule has 398 valence electrons. The molecule has 2 aliphatic rings. The van der Waals surface area contributed by atoms with Crippen LogP contribution in [0.5, 0.6) is 0 Å². The van der Waals surface area contributed by atoms with E-state index < -0.39 is 80.7 Å². The molecule has 0 radical (unpaired) electrons. The maximum atomic E-state index is 13.0. The minimum Gasteiger partial charge on any atom is -0.457 e. The summed E-state index contributed by atoms with van der Waals surface area (Å²) in [4.78, 5) is 13.0. The van der Waals surface area contributed by atoms with Crippen LogP contribution in [-0.2, 0) is 33.2 Å². The van der Waals surface area contributed by atoms with E-state index in [0.717, 1.165) is 38.5 Å². The number of rotatable bonds is 45. The third-order valence-corrected chi connectivity index (χ3v) is 13.6. The molecule has 14 nitrogen and oxygen atoms in total. The van der Waals surface area contributed by atoms with Crippen molar-refractivity contribution in [3.05, 3.63) is 0 Å². The smallest absolute Gasteiger partial charge is 0.306 e. The van der Waals surface area contributed by atoms with Crippen LogP contribution in [0.2, 0.25) is 0 Å². The van der Waals surface area contributed by atoms with Crippen LogP contribution in [0.25, 0.3) is 0 Å². The van der Waals surface area contributed by atoms with E-state index >= 15 is 0 Å². The highest BCUT2D eigenvalue weighted by Gasteiger charge is 2.47. The molecule has 0 bridgehead atoms. The van der Waals surface area contributed by atoms with Gasteiger partial charge < -0.3 is 64.2 Å². The molecule has 2 aliphatic heterocycles. The van der Waals surface area contributed by atoms with Gasteiger partial charge in [0.15, 0.2) is 12.6 Å². The van der Waals surface area contributed by atoms with E-state index in [-0.39, 0.29) is 25.6 Å². The Bertz CT molecular complexity index is 1120. The van der Waals surface area contributed by atoms with E-state index in [2.05, 4.69) is 13.8 Å². The average Bonchev–Trinajstić information content (AvgIpc) is 3.32. The summed E-state index contributed by atoms with van der Waals surface area (Å²) in [5, 5.41) is 72.1. The van der Waals surface area contributed by atoms with Crippen LogP contribution in [0.1, 0.15) is 232 Å². The predicted molar refractivity (Wildman–Crippen MR) is 261 cm³/mol. The molecular weight excluding hydrogens is 861 g/mol. The van der Waals surface area contributed by atoms with Crippen molar-refractivity contribution in [2.75, 3.05) is 33.0 Å². The topological polar surface area (TPSA) is 214 Å². The molecule has 14 heteroatoms. The summed E-state index contributed by atoms with van der Waals surface area (Å²) < 4.78 is 34.3. The van der Waals surface area contributed by atoms with Gasteiger partial charge in [-0.3, -0.25) is 4.79 Å². The van der Waals surface area contributed by atoms with Crippen molar-refractivity contribution in [1.82, 2.24) is 0 Å². The number of carbonyl (C=O) groups excluding carboxylic acids is 1. The van der Waals surface area contributed by atoms with Crippen LogP contribution in [0.15, 0.2) is 0 Å². The molecule has 11 atom stereocenters. The first-order chi connectivity index (χ1) is 32.6. The van der Waals surface area contributed by atoms with E-state index in [0.29, 0.717) is 13.0 Å². The van der Waals surface area contributed by atoms with Crippen LogP contribution < -0.4 is 0 Å². The SMILES string of the molecule is CCCCCCCCCCCCCCCCCCCCCCCCCOCC(COC1OC(COC2OC(CO)C(O)C(O)C2O)C(O)C(O)C1O)OC(=O)CCCCCCCCCCCC. The number of carbonyl (C=O) groups is 1. The summed E-state index contributed by atoms with van der Waals surface area (Å²) in [7, 11) is 0. The molecule has 7 N–H and O–H groups in total. The summed E-state index contributed by atoms with van der Waals surface area (Å²) in [6.45, 7) is 3.72. The highest BCUT2D eigenvalue weighted by atomic mass is 16.7. The maximum Gasteiger partial charge on any atom is 0.306 e. The van der Waals surface area contributed by atoms with Crippen LogP contribution in [0.4, 0.5) is 0 Å². The average molecular weight is 963 g/mol. The second-order valence-corrected chi connectivity index (χ2v) is 19.8. The summed E-state index contributed by atoms with van der Waals surface area (Å²) in [6, 6.07) is 0. The summed E-state index contributed by atoms with van der Waals surface area (Å²) in [5.74, 6) is -0.372. The van der Waals surface area contributed by atoms with Crippen LogP contribution in [0, 0.1) is 0 Å². The monoisotopic (exact) mass is 963 g/mol. The Hall–Kier alpha value is -1.01. The van der Waals surface area contributed by atoms with Gasteiger partial charge in [-0.25, -0.2) is 0 Å². The third kappa shape index (κ3) is 29.2. The lowest BCUT2D eigenvalue weighted by Crippen LogP contribution is -2.61. The molecule has 0 aromatic rings. The number of aliphatic hydroxyl groups is 7. The molecule has 0 aromatic carbocycles. The first kappa shape index (κ1) is 62.1. The van der Waals surface area contributed by atoms with Crippen LogP contribution in [-0.4, -0.2) is 142 Å². The van der Waals surface area contributed by atoms with E-state index in [9.17, 15) is 40.5 Å². The second-order valence-electron chi connectivity index (χ2n) is 19.8. The number of ether oxygens (including phenoxy) is 6. The lowest BCUT2D eigenvalue weighted by Gasteiger charge is -2.42. The lowest BCUT2D eigenvalue weighted by molar-refractivity contribution is -0.332. The Balaban J connectivity index is 1.67. The third-order valence-electron chi connectivity index (χ3n) is 13.6. The minimum absolute atomic E-state index is 0.0702. The number of hydrogen-bond acceptors (Lipinski definition) is 14. The minimum atomic E-state index is -1.70. The summed E-state index contributed by atoms with van der Waals surface area (Å²) in [6.07, 6.45) is 26.1. The van der Waals surface area contributed by atoms with E-state index in [1.165, 1.54) is 167 Å². The molecule has 11 unspecified atom stereocenters. The molecule has 0 aromatic heterocycles. The van der Waals surface area contributed by atoms with Crippen molar-refractivity contribution in [3.8, 4) is 0 Å². The highest BCUT2D eigenvalue weighted by molar-refractivity contribution is 5.69. The Morgan fingerprint density at radius 3 is 1.21 bits per heavy atom. The molecule has 0 spiro atoms. The van der Waals surface area contributed by atoms with Gasteiger partial charge in [0.2, 0.25) is 0 Å². The highest BCUT2D eigenvalue weighted by Crippen LogP contribution is 2.27. The van der Waals surface area contributed by atoms with Gasteiger partial charge in [0, 0.05) is 13.0 Å². The molecule has 2 heterocycles. The quantitative estimate of drug-likeness (QED) is 0.0224. The molecule has 2 fully saturated rings. The Morgan fingerprint density at radius 1 is 0.433 bits per heavy atom. The maximum absolute atomic E-state index is 13.0. The van der Waals surface area contributed by atoms with Crippen LogP contribution in [0.3, 0.4) is 0 Å². The lowest BCUT2D eigenvalue weighted by atomic mass is 9.98. The van der Waals surface area contributed by atoms with Gasteiger partial charge in [-0.1, -0.05) is 213 Å². The summed E-state index contributed by atoms with van der Waals surface area (Å²) >= 11 is 0. The zero-order chi connectivity index (χ0) is 48.7. The molecule has 67 heavy (non-hydrogen) atoms. The van der Waals surface area contributed by atoms with Gasteiger partial charge in [0.1, 0.15) is 54.9 Å². The fraction of sp³-hybridized carbons (Fsp3) is 0.981. The molecule has 0 aliphatic carbocycles. The van der Waals surface area contributed by atoms with Crippen molar-refractivity contribution in [2.45, 2.75) is 300 Å². The van der Waals surface area contributed by atoms with Gasteiger partial charge in [-0.15, -0.1) is 0 Å². The van der Waals surface area contributed by atoms with Crippen molar-refractivity contribution in [2.24, 2.45) is 0 Å². The number of unbranched alkanes of at least 4 members (excludes halogenated alkanes) is 31. The molecule has 2 rings (SSSR count). The first-order valence-electron chi connectivity index (χ1n) is 27.6. The predicted octanol–water partition coefficient (Wildman–Crippen LogP) is 8.86. The van der Waals surface area contributed by atoms with Crippen LogP contribution >= 0.6 is 0 Å². The Kier molecular flexibility index (Phi) is 38.6. The molecular formula is C53H102O14. The number of hydrogen-bond donors (Lipinski definition) is 7.